The number of anilines is 1. The van der Waals surface area contributed by atoms with Crippen LogP contribution in [0, 0.1) is 0 Å². The van der Waals surface area contributed by atoms with Gasteiger partial charge in [-0.25, -0.2) is 0 Å². The van der Waals surface area contributed by atoms with E-state index in [9.17, 15) is 4.79 Å². The fourth-order valence-electron chi connectivity index (χ4n) is 1.49. The highest BCUT2D eigenvalue weighted by molar-refractivity contribution is 7.99. The molecule has 0 atom stereocenters. The van der Waals surface area contributed by atoms with Gasteiger partial charge in [-0.05, 0) is 12.8 Å². The van der Waals surface area contributed by atoms with Gasteiger partial charge in [-0.15, -0.1) is 10.2 Å². The summed E-state index contributed by atoms with van der Waals surface area (Å²) in [6.07, 6.45) is 2.49. The first-order valence-corrected chi connectivity index (χ1v) is 6.15. The third-order valence-electron chi connectivity index (χ3n) is 2.20. The lowest BCUT2D eigenvalue weighted by molar-refractivity contribution is -0.116. The third-order valence-corrected chi connectivity index (χ3v) is 3.26. The molecule has 0 aromatic carbocycles. The van der Waals surface area contributed by atoms with Crippen molar-refractivity contribution in [2.24, 2.45) is 0 Å². The maximum atomic E-state index is 11.4. The molecule has 2 rings (SSSR count). The van der Waals surface area contributed by atoms with Crippen LogP contribution in [-0.4, -0.2) is 26.4 Å². The van der Waals surface area contributed by atoms with Crippen LogP contribution in [0.3, 0.4) is 0 Å². The fraction of sp³-hybridized carbons (Fsp3) is 0.667. The van der Waals surface area contributed by atoms with Crippen LogP contribution in [0.1, 0.15) is 26.2 Å². The predicted molar refractivity (Wildman–Crippen MR) is 58.9 cm³/mol. The molecule has 1 aromatic heterocycles. The van der Waals surface area contributed by atoms with Crippen molar-refractivity contribution in [2.75, 3.05) is 11.1 Å². The minimum atomic E-state index is 0.0169. The van der Waals surface area contributed by atoms with Gasteiger partial charge in [0.2, 0.25) is 11.9 Å². The number of aromatic nitrogens is 3. The zero-order valence-electron chi connectivity index (χ0n) is 8.69. The van der Waals surface area contributed by atoms with E-state index in [0.717, 1.165) is 30.3 Å². The quantitative estimate of drug-likeness (QED) is 0.848. The lowest BCUT2D eigenvalue weighted by atomic mass is 10.3. The van der Waals surface area contributed by atoms with Gasteiger partial charge in [0.05, 0.1) is 0 Å². The van der Waals surface area contributed by atoms with Crippen LogP contribution in [0.2, 0.25) is 0 Å². The first-order valence-electron chi connectivity index (χ1n) is 5.17. The zero-order valence-corrected chi connectivity index (χ0v) is 9.51. The Morgan fingerprint density at radius 2 is 2.47 bits per heavy atom. The summed E-state index contributed by atoms with van der Waals surface area (Å²) in [5.41, 5.74) is 0. The number of hydrogen-bond acceptors (Lipinski definition) is 4. The maximum absolute atomic E-state index is 11.4. The van der Waals surface area contributed by atoms with E-state index in [0.29, 0.717) is 12.4 Å². The molecule has 0 bridgehead atoms. The van der Waals surface area contributed by atoms with Crippen LogP contribution >= 0.6 is 11.8 Å². The zero-order chi connectivity index (χ0) is 10.7. The number of carbonyl (C=O) groups is 1. The Bertz CT molecular complexity index is 363. The highest BCUT2D eigenvalue weighted by atomic mass is 32.2. The van der Waals surface area contributed by atoms with Crippen molar-refractivity contribution in [3.05, 3.63) is 0 Å². The average Bonchev–Trinajstić information content (AvgIpc) is 2.62. The second-order valence-corrected chi connectivity index (χ2v) is 4.52. The molecule has 1 aliphatic heterocycles. The predicted octanol–water partition coefficient (Wildman–Crippen LogP) is 1.51. The van der Waals surface area contributed by atoms with E-state index in [1.807, 2.05) is 11.5 Å². The van der Waals surface area contributed by atoms with Gasteiger partial charge < -0.3 is 0 Å². The van der Waals surface area contributed by atoms with Gasteiger partial charge in [-0.3, -0.25) is 14.7 Å². The van der Waals surface area contributed by atoms with Crippen molar-refractivity contribution in [3.63, 3.8) is 0 Å². The first-order chi connectivity index (χ1) is 7.31. The summed E-state index contributed by atoms with van der Waals surface area (Å²) < 4.78 is 1.97. The molecule has 0 aliphatic carbocycles. The van der Waals surface area contributed by atoms with Crippen LogP contribution < -0.4 is 5.32 Å². The van der Waals surface area contributed by atoms with Crippen LogP contribution in [-0.2, 0) is 11.3 Å². The average molecular weight is 226 g/mol. The van der Waals surface area contributed by atoms with E-state index in [1.54, 1.807) is 11.8 Å². The second kappa shape index (κ2) is 4.65. The minimum absolute atomic E-state index is 0.0169. The molecule has 0 fully saturated rings. The summed E-state index contributed by atoms with van der Waals surface area (Å²) in [7, 11) is 0. The molecule has 1 N–H and O–H groups in total. The number of amides is 1. The molecule has 82 valence electrons. The molecule has 0 saturated carbocycles. The monoisotopic (exact) mass is 226 g/mol. The fourth-order valence-corrected chi connectivity index (χ4v) is 2.38. The van der Waals surface area contributed by atoms with Crippen LogP contribution in [0.15, 0.2) is 5.16 Å². The molecular weight excluding hydrogens is 212 g/mol. The molecular formula is C9H14N4OS. The van der Waals surface area contributed by atoms with Gasteiger partial charge in [0.1, 0.15) is 0 Å². The lowest BCUT2D eigenvalue weighted by Crippen LogP contribution is -2.17. The Morgan fingerprint density at radius 3 is 3.27 bits per heavy atom. The van der Waals surface area contributed by atoms with Gasteiger partial charge in [0.25, 0.3) is 0 Å². The topological polar surface area (TPSA) is 59.8 Å². The number of nitrogens with zero attached hydrogens (tertiary/aromatic N) is 3. The summed E-state index contributed by atoms with van der Waals surface area (Å²) in [5.74, 6) is 1.69. The Balaban J connectivity index is 2.08. The van der Waals surface area contributed by atoms with E-state index in [4.69, 9.17) is 0 Å². The smallest absolute Gasteiger partial charge is 0.231 e. The van der Waals surface area contributed by atoms with Crippen LogP contribution in [0.25, 0.3) is 0 Å². The van der Waals surface area contributed by atoms with Crippen molar-refractivity contribution < 1.29 is 4.79 Å². The van der Waals surface area contributed by atoms with Gasteiger partial charge in [0.15, 0.2) is 5.16 Å². The number of nitrogens with one attached hydrogen (secondary N) is 1. The molecule has 5 nitrogen and oxygen atoms in total. The summed E-state index contributed by atoms with van der Waals surface area (Å²) in [6.45, 7) is 2.88. The van der Waals surface area contributed by atoms with Gasteiger partial charge in [-0.2, -0.15) is 0 Å². The SMILES string of the molecule is CCCC(=O)Nc1nnc2n1CCCS2. The van der Waals surface area contributed by atoms with Crippen molar-refractivity contribution in [2.45, 2.75) is 37.9 Å². The van der Waals surface area contributed by atoms with Gasteiger partial charge in [-0.1, -0.05) is 18.7 Å². The Morgan fingerprint density at radius 1 is 1.60 bits per heavy atom. The number of thioether (sulfide) groups is 1. The van der Waals surface area contributed by atoms with Crippen LogP contribution in [0.5, 0.6) is 0 Å². The van der Waals surface area contributed by atoms with Crippen molar-refractivity contribution >= 4 is 23.6 Å². The normalized spacial score (nSPS) is 14.7. The molecule has 0 unspecified atom stereocenters. The van der Waals surface area contributed by atoms with E-state index < -0.39 is 0 Å². The van der Waals surface area contributed by atoms with E-state index in [1.165, 1.54) is 0 Å². The summed E-state index contributed by atoms with van der Waals surface area (Å²) in [5, 5.41) is 11.7. The molecule has 15 heavy (non-hydrogen) atoms. The van der Waals surface area contributed by atoms with Gasteiger partial charge in [0, 0.05) is 18.7 Å². The van der Waals surface area contributed by atoms with E-state index in [-0.39, 0.29) is 5.91 Å². The number of carbonyl (C=O) groups excluding carboxylic acids is 1. The van der Waals surface area contributed by atoms with Crippen LogP contribution in [0.4, 0.5) is 5.95 Å². The molecule has 1 aliphatic rings. The number of rotatable bonds is 3. The van der Waals surface area contributed by atoms with Crippen molar-refractivity contribution in [3.8, 4) is 0 Å². The van der Waals surface area contributed by atoms with Crippen molar-refractivity contribution in [1.82, 2.24) is 14.8 Å². The maximum Gasteiger partial charge on any atom is 0.231 e. The lowest BCUT2D eigenvalue weighted by Gasteiger charge is -2.13. The molecule has 0 radical (unpaired) electrons. The van der Waals surface area contributed by atoms with Gasteiger partial charge >= 0.3 is 0 Å². The summed E-state index contributed by atoms with van der Waals surface area (Å²) in [4.78, 5) is 11.4. The molecule has 1 aromatic rings. The molecule has 2 heterocycles. The minimum Gasteiger partial charge on any atom is -0.295 e. The van der Waals surface area contributed by atoms with Crippen molar-refractivity contribution in [1.29, 1.82) is 0 Å². The largest absolute Gasteiger partial charge is 0.295 e. The number of hydrogen-bond donors (Lipinski definition) is 1. The van der Waals surface area contributed by atoms with E-state index >= 15 is 0 Å². The summed E-state index contributed by atoms with van der Waals surface area (Å²) in [6, 6.07) is 0. The first kappa shape index (κ1) is 10.5. The van der Waals surface area contributed by atoms with E-state index in [2.05, 4.69) is 15.5 Å². The Kier molecular flexibility index (Phi) is 3.25. The highest BCUT2D eigenvalue weighted by Crippen LogP contribution is 2.25. The number of fused-ring (bicyclic) bond motifs is 1. The third kappa shape index (κ3) is 2.31. The highest BCUT2D eigenvalue weighted by Gasteiger charge is 2.17. The Hall–Kier alpha value is -1.04. The second-order valence-electron chi connectivity index (χ2n) is 3.46. The Labute approximate surface area is 92.6 Å². The summed E-state index contributed by atoms with van der Waals surface area (Å²) >= 11 is 1.69. The molecule has 6 heteroatoms. The standard InChI is InChI=1S/C9H14N4OS/c1-2-4-7(14)10-8-11-12-9-13(8)5-3-6-15-9/h2-6H2,1H3,(H,10,11,14). The molecule has 1 amide bonds. The molecule has 0 spiro atoms. The molecule has 0 saturated heterocycles.